The van der Waals surface area contributed by atoms with E-state index >= 15 is 0 Å². The molecule has 1 unspecified atom stereocenters. The zero-order chi connectivity index (χ0) is 13.3. The molecule has 2 rings (SSSR count). The topological polar surface area (TPSA) is 55.1 Å². The molecular formula is C14H18N2OS. The van der Waals surface area contributed by atoms with Crippen molar-refractivity contribution in [2.45, 2.75) is 26.8 Å². The van der Waals surface area contributed by atoms with Gasteiger partial charge in [-0.2, -0.15) is 0 Å². The van der Waals surface area contributed by atoms with Crippen LogP contribution >= 0.6 is 12.2 Å². The first-order valence-electron chi connectivity index (χ1n) is 6.06. The smallest absolute Gasteiger partial charge is 0.223 e. The van der Waals surface area contributed by atoms with Gasteiger partial charge in [0, 0.05) is 18.0 Å². The van der Waals surface area contributed by atoms with E-state index in [0.717, 1.165) is 17.5 Å². The highest BCUT2D eigenvalue weighted by molar-refractivity contribution is 7.80. The number of carbonyl (C=O) groups excluding carboxylic acids is 1. The van der Waals surface area contributed by atoms with Gasteiger partial charge in [0.05, 0.1) is 0 Å². The van der Waals surface area contributed by atoms with Gasteiger partial charge in [0.25, 0.3) is 0 Å². The van der Waals surface area contributed by atoms with Gasteiger partial charge >= 0.3 is 0 Å². The van der Waals surface area contributed by atoms with E-state index in [4.69, 9.17) is 18.0 Å². The van der Waals surface area contributed by atoms with Crippen molar-refractivity contribution in [1.29, 1.82) is 0 Å². The fourth-order valence-electron chi connectivity index (χ4n) is 2.01. The summed E-state index contributed by atoms with van der Waals surface area (Å²) in [7, 11) is 0. The molecule has 1 fully saturated rings. The van der Waals surface area contributed by atoms with E-state index in [1.54, 1.807) is 0 Å². The standard InChI is InChI=1S/C14H18N2OS/c1-14(2)7-11(14)13(17)16-8-9-3-5-10(6-4-9)12(15)18/h3-6,11H,7-8H2,1-2H3,(H2,15,18)(H,16,17). The van der Waals surface area contributed by atoms with Crippen LogP contribution in [0.4, 0.5) is 0 Å². The first-order valence-corrected chi connectivity index (χ1v) is 6.47. The van der Waals surface area contributed by atoms with Crippen LogP contribution in [0.1, 0.15) is 31.4 Å². The van der Waals surface area contributed by atoms with Crippen LogP contribution in [-0.2, 0) is 11.3 Å². The molecule has 1 aromatic rings. The van der Waals surface area contributed by atoms with E-state index in [0.29, 0.717) is 11.5 Å². The summed E-state index contributed by atoms with van der Waals surface area (Å²) >= 11 is 4.89. The van der Waals surface area contributed by atoms with Gasteiger partial charge in [0.2, 0.25) is 5.91 Å². The highest BCUT2D eigenvalue weighted by Crippen LogP contribution is 2.51. The number of benzene rings is 1. The van der Waals surface area contributed by atoms with Gasteiger partial charge in [-0.05, 0) is 17.4 Å². The molecule has 0 aromatic heterocycles. The minimum absolute atomic E-state index is 0.151. The molecule has 96 valence electrons. The SMILES string of the molecule is CC1(C)CC1C(=O)NCc1ccc(C(N)=S)cc1. The first-order chi connectivity index (χ1) is 8.40. The zero-order valence-corrected chi connectivity index (χ0v) is 11.5. The predicted molar refractivity (Wildman–Crippen MR) is 76.1 cm³/mol. The van der Waals surface area contributed by atoms with Gasteiger partial charge in [-0.1, -0.05) is 50.3 Å². The van der Waals surface area contributed by atoms with Gasteiger partial charge in [0.1, 0.15) is 4.99 Å². The Kier molecular flexibility index (Phi) is 3.39. The minimum Gasteiger partial charge on any atom is -0.389 e. The van der Waals surface area contributed by atoms with Gasteiger partial charge < -0.3 is 11.1 Å². The lowest BCUT2D eigenvalue weighted by Crippen LogP contribution is -2.26. The van der Waals surface area contributed by atoms with E-state index in [2.05, 4.69) is 19.2 Å². The molecule has 1 aliphatic carbocycles. The molecule has 4 heteroatoms. The molecule has 1 saturated carbocycles. The Balaban J connectivity index is 1.87. The molecule has 0 bridgehead atoms. The third kappa shape index (κ3) is 2.88. The average molecular weight is 262 g/mol. The Morgan fingerprint density at radius 2 is 2.00 bits per heavy atom. The molecule has 0 spiro atoms. The predicted octanol–water partition coefficient (Wildman–Crippen LogP) is 1.98. The molecule has 0 radical (unpaired) electrons. The van der Waals surface area contributed by atoms with Crippen LogP contribution in [0.3, 0.4) is 0 Å². The Morgan fingerprint density at radius 1 is 1.44 bits per heavy atom. The number of amides is 1. The quantitative estimate of drug-likeness (QED) is 0.816. The lowest BCUT2D eigenvalue weighted by molar-refractivity contribution is -0.123. The van der Waals surface area contributed by atoms with Crippen LogP contribution in [0.25, 0.3) is 0 Å². The van der Waals surface area contributed by atoms with Crippen molar-refractivity contribution in [2.75, 3.05) is 0 Å². The molecule has 0 saturated heterocycles. The highest BCUT2D eigenvalue weighted by atomic mass is 32.1. The highest BCUT2D eigenvalue weighted by Gasteiger charge is 2.50. The van der Waals surface area contributed by atoms with Crippen molar-refractivity contribution >= 4 is 23.1 Å². The fraction of sp³-hybridized carbons (Fsp3) is 0.429. The fourth-order valence-corrected chi connectivity index (χ4v) is 2.15. The number of hydrogen-bond donors (Lipinski definition) is 2. The van der Waals surface area contributed by atoms with Crippen molar-refractivity contribution < 1.29 is 4.79 Å². The van der Waals surface area contributed by atoms with Crippen molar-refractivity contribution in [1.82, 2.24) is 5.32 Å². The summed E-state index contributed by atoms with van der Waals surface area (Å²) < 4.78 is 0. The van der Waals surface area contributed by atoms with Crippen LogP contribution in [0.2, 0.25) is 0 Å². The van der Waals surface area contributed by atoms with Crippen molar-refractivity contribution in [3.8, 4) is 0 Å². The summed E-state index contributed by atoms with van der Waals surface area (Å²) in [6.45, 7) is 4.80. The van der Waals surface area contributed by atoms with E-state index < -0.39 is 0 Å². The van der Waals surface area contributed by atoms with Crippen LogP contribution in [-0.4, -0.2) is 10.9 Å². The maximum absolute atomic E-state index is 11.8. The van der Waals surface area contributed by atoms with Crippen molar-refractivity contribution in [2.24, 2.45) is 17.1 Å². The molecule has 1 aliphatic rings. The van der Waals surface area contributed by atoms with Crippen LogP contribution in [0.15, 0.2) is 24.3 Å². The summed E-state index contributed by atoms with van der Waals surface area (Å²) in [5, 5.41) is 2.96. The number of carbonyl (C=O) groups is 1. The normalized spacial score (nSPS) is 20.2. The van der Waals surface area contributed by atoms with Gasteiger partial charge in [0.15, 0.2) is 0 Å². The average Bonchev–Trinajstić information content (AvgIpc) is 2.96. The Bertz CT molecular complexity index is 479. The van der Waals surface area contributed by atoms with Crippen molar-refractivity contribution in [3.05, 3.63) is 35.4 Å². The largest absolute Gasteiger partial charge is 0.389 e. The number of nitrogens with one attached hydrogen (secondary N) is 1. The monoisotopic (exact) mass is 262 g/mol. The molecule has 1 aromatic carbocycles. The van der Waals surface area contributed by atoms with E-state index in [9.17, 15) is 4.79 Å². The second kappa shape index (κ2) is 4.69. The molecule has 3 nitrogen and oxygen atoms in total. The van der Waals surface area contributed by atoms with Gasteiger partial charge in [-0.3, -0.25) is 4.79 Å². The van der Waals surface area contributed by atoms with Crippen molar-refractivity contribution in [3.63, 3.8) is 0 Å². The summed E-state index contributed by atoms with van der Waals surface area (Å²) in [5.74, 6) is 0.326. The number of hydrogen-bond acceptors (Lipinski definition) is 2. The van der Waals surface area contributed by atoms with Crippen LogP contribution < -0.4 is 11.1 Å². The lowest BCUT2D eigenvalue weighted by atomic mass is 10.1. The zero-order valence-electron chi connectivity index (χ0n) is 10.7. The van der Waals surface area contributed by atoms with E-state index in [1.165, 1.54) is 0 Å². The number of rotatable bonds is 4. The Labute approximate surface area is 113 Å². The van der Waals surface area contributed by atoms with Gasteiger partial charge in [-0.25, -0.2) is 0 Å². The molecule has 0 aliphatic heterocycles. The third-order valence-electron chi connectivity index (χ3n) is 3.54. The third-order valence-corrected chi connectivity index (χ3v) is 3.77. The lowest BCUT2D eigenvalue weighted by Gasteiger charge is -2.07. The maximum atomic E-state index is 11.8. The minimum atomic E-state index is 0.151. The molecular weight excluding hydrogens is 244 g/mol. The van der Waals surface area contributed by atoms with E-state index in [1.807, 2.05) is 24.3 Å². The number of thiocarbonyl (C=S) groups is 1. The number of nitrogens with two attached hydrogens (primary N) is 1. The molecule has 3 N–H and O–H groups in total. The molecule has 1 amide bonds. The van der Waals surface area contributed by atoms with Gasteiger partial charge in [-0.15, -0.1) is 0 Å². The summed E-state index contributed by atoms with van der Waals surface area (Å²) in [5.41, 5.74) is 7.61. The summed E-state index contributed by atoms with van der Waals surface area (Å²) in [6, 6.07) is 7.63. The van der Waals surface area contributed by atoms with E-state index in [-0.39, 0.29) is 17.2 Å². The summed E-state index contributed by atoms with van der Waals surface area (Å²) in [6.07, 6.45) is 0.985. The summed E-state index contributed by atoms with van der Waals surface area (Å²) in [4.78, 5) is 12.2. The molecule has 18 heavy (non-hydrogen) atoms. The first kappa shape index (κ1) is 13.0. The van der Waals surface area contributed by atoms with Crippen LogP contribution in [0.5, 0.6) is 0 Å². The second-order valence-electron chi connectivity index (χ2n) is 5.52. The molecule has 0 heterocycles. The maximum Gasteiger partial charge on any atom is 0.223 e. The second-order valence-corrected chi connectivity index (χ2v) is 5.96. The Hall–Kier alpha value is -1.42. The Morgan fingerprint density at radius 3 is 2.44 bits per heavy atom. The molecule has 1 atom stereocenters. The van der Waals surface area contributed by atoms with Crippen LogP contribution in [0, 0.1) is 11.3 Å².